The number of likely N-dealkylation sites (N-methyl/N-ethyl adjacent to an activating group) is 1. The van der Waals surface area contributed by atoms with Crippen molar-refractivity contribution in [3.8, 4) is 0 Å². The Hall–Kier alpha value is -1.02. The molecule has 90 valence electrons. The number of hydrogen-bond donors (Lipinski definition) is 1. The summed E-state index contributed by atoms with van der Waals surface area (Å²) in [6.07, 6.45) is 0. The molecule has 2 nitrogen and oxygen atoms in total. The first-order valence-electron chi connectivity index (χ1n) is 5.97. The van der Waals surface area contributed by atoms with Crippen LogP contribution in [-0.2, 0) is 0 Å². The lowest BCUT2D eigenvalue weighted by atomic mass is 10.0. The quantitative estimate of drug-likeness (QED) is 0.845. The Morgan fingerprint density at radius 2 is 1.88 bits per heavy atom. The molecule has 2 heteroatoms. The summed E-state index contributed by atoms with van der Waals surface area (Å²) in [6.45, 7) is 9.42. The SMILES string of the molecule is Cc1ccc(N(C)C(CN)C(C)C)c(C)c1. The zero-order valence-electron chi connectivity index (χ0n) is 11.1. The summed E-state index contributed by atoms with van der Waals surface area (Å²) < 4.78 is 0. The van der Waals surface area contributed by atoms with Gasteiger partial charge in [-0.05, 0) is 31.4 Å². The zero-order valence-corrected chi connectivity index (χ0v) is 11.1. The van der Waals surface area contributed by atoms with Gasteiger partial charge in [-0.3, -0.25) is 0 Å². The average Bonchev–Trinajstić information content (AvgIpc) is 2.17. The molecule has 0 saturated heterocycles. The van der Waals surface area contributed by atoms with E-state index in [4.69, 9.17) is 5.73 Å². The first-order chi connectivity index (χ1) is 7.47. The number of nitrogens with two attached hydrogens (primary N) is 1. The summed E-state index contributed by atoms with van der Waals surface area (Å²) in [7, 11) is 2.13. The first kappa shape index (κ1) is 13.0. The van der Waals surface area contributed by atoms with E-state index < -0.39 is 0 Å². The molecule has 0 heterocycles. The van der Waals surface area contributed by atoms with E-state index in [0.29, 0.717) is 18.5 Å². The lowest BCUT2D eigenvalue weighted by Gasteiger charge is -2.33. The Balaban J connectivity index is 2.99. The summed E-state index contributed by atoms with van der Waals surface area (Å²) in [5.74, 6) is 0.565. The number of nitrogens with zero attached hydrogens (tertiary/aromatic N) is 1. The molecule has 0 radical (unpaired) electrons. The normalized spacial score (nSPS) is 12.9. The predicted molar refractivity (Wildman–Crippen MR) is 72.0 cm³/mol. The van der Waals surface area contributed by atoms with Gasteiger partial charge in [0.1, 0.15) is 0 Å². The van der Waals surface area contributed by atoms with Crippen LogP contribution >= 0.6 is 0 Å². The second kappa shape index (κ2) is 5.35. The zero-order chi connectivity index (χ0) is 12.3. The highest BCUT2D eigenvalue weighted by molar-refractivity contribution is 5.54. The highest BCUT2D eigenvalue weighted by atomic mass is 15.1. The Kier molecular flexibility index (Phi) is 4.36. The van der Waals surface area contributed by atoms with E-state index in [1.54, 1.807) is 0 Å². The first-order valence-corrected chi connectivity index (χ1v) is 5.97. The van der Waals surface area contributed by atoms with Gasteiger partial charge in [-0.1, -0.05) is 31.5 Å². The fraction of sp³-hybridized carbons (Fsp3) is 0.571. The average molecular weight is 220 g/mol. The van der Waals surface area contributed by atoms with Crippen LogP contribution in [0.5, 0.6) is 0 Å². The second-order valence-electron chi connectivity index (χ2n) is 4.95. The van der Waals surface area contributed by atoms with Crippen molar-refractivity contribution in [2.24, 2.45) is 11.7 Å². The standard InChI is InChI=1S/C14H24N2/c1-10(2)14(9-15)16(5)13-7-6-11(3)8-12(13)4/h6-8,10,14H,9,15H2,1-5H3. The van der Waals surface area contributed by atoms with Crippen LogP contribution in [0.15, 0.2) is 18.2 Å². The van der Waals surface area contributed by atoms with Crippen LogP contribution in [0.4, 0.5) is 5.69 Å². The summed E-state index contributed by atoms with van der Waals surface area (Å²) in [5, 5.41) is 0. The molecule has 1 atom stereocenters. The molecule has 1 aromatic rings. The van der Waals surface area contributed by atoms with Crippen molar-refractivity contribution in [2.45, 2.75) is 33.7 Å². The van der Waals surface area contributed by atoms with Crippen LogP contribution in [0, 0.1) is 19.8 Å². The molecule has 0 amide bonds. The summed E-state index contributed by atoms with van der Waals surface area (Å²) in [5.41, 5.74) is 9.77. The van der Waals surface area contributed by atoms with Crippen molar-refractivity contribution in [2.75, 3.05) is 18.5 Å². The van der Waals surface area contributed by atoms with E-state index in [2.05, 4.69) is 57.8 Å². The highest BCUT2D eigenvalue weighted by Crippen LogP contribution is 2.23. The van der Waals surface area contributed by atoms with Gasteiger partial charge in [-0.15, -0.1) is 0 Å². The lowest BCUT2D eigenvalue weighted by Crippen LogP contribution is -2.42. The maximum Gasteiger partial charge on any atom is 0.0432 e. The van der Waals surface area contributed by atoms with Crippen LogP contribution < -0.4 is 10.6 Å². The van der Waals surface area contributed by atoms with E-state index in [1.165, 1.54) is 16.8 Å². The van der Waals surface area contributed by atoms with Gasteiger partial charge in [-0.25, -0.2) is 0 Å². The van der Waals surface area contributed by atoms with Crippen LogP contribution in [0.3, 0.4) is 0 Å². The van der Waals surface area contributed by atoms with Crippen LogP contribution in [0.25, 0.3) is 0 Å². The van der Waals surface area contributed by atoms with Gasteiger partial charge in [0, 0.05) is 25.3 Å². The second-order valence-corrected chi connectivity index (χ2v) is 4.95. The van der Waals surface area contributed by atoms with Crippen molar-refractivity contribution >= 4 is 5.69 Å². The molecule has 0 spiro atoms. The van der Waals surface area contributed by atoms with Crippen molar-refractivity contribution in [1.29, 1.82) is 0 Å². The molecule has 1 aromatic carbocycles. The van der Waals surface area contributed by atoms with E-state index in [1.807, 2.05) is 0 Å². The third-order valence-electron chi connectivity index (χ3n) is 3.24. The molecule has 1 unspecified atom stereocenters. The molecule has 0 aliphatic carbocycles. The Morgan fingerprint density at radius 3 is 2.31 bits per heavy atom. The Morgan fingerprint density at radius 1 is 1.25 bits per heavy atom. The van der Waals surface area contributed by atoms with Crippen molar-refractivity contribution in [1.82, 2.24) is 0 Å². The number of anilines is 1. The molecular formula is C14H24N2. The number of benzene rings is 1. The minimum Gasteiger partial charge on any atom is -0.370 e. The van der Waals surface area contributed by atoms with E-state index >= 15 is 0 Å². The van der Waals surface area contributed by atoms with E-state index in [0.717, 1.165) is 0 Å². The molecule has 2 N–H and O–H groups in total. The fourth-order valence-corrected chi connectivity index (χ4v) is 2.26. The molecule has 0 saturated carbocycles. The van der Waals surface area contributed by atoms with Gasteiger partial charge in [-0.2, -0.15) is 0 Å². The largest absolute Gasteiger partial charge is 0.370 e. The summed E-state index contributed by atoms with van der Waals surface area (Å²) >= 11 is 0. The van der Waals surface area contributed by atoms with Crippen LogP contribution in [0.2, 0.25) is 0 Å². The van der Waals surface area contributed by atoms with Crippen molar-refractivity contribution < 1.29 is 0 Å². The third-order valence-corrected chi connectivity index (χ3v) is 3.24. The maximum atomic E-state index is 5.85. The summed E-state index contributed by atoms with van der Waals surface area (Å²) in [6, 6.07) is 6.98. The number of hydrogen-bond acceptors (Lipinski definition) is 2. The van der Waals surface area contributed by atoms with Crippen molar-refractivity contribution in [3.63, 3.8) is 0 Å². The van der Waals surface area contributed by atoms with Crippen LogP contribution in [0.1, 0.15) is 25.0 Å². The summed E-state index contributed by atoms with van der Waals surface area (Å²) in [4.78, 5) is 2.31. The molecule has 0 aliphatic heterocycles. The monoisotopic (exact) mass is 220 g/mol. The number of aryl methyl sites for hydroxylation is 2. The highest BCUT2D eigenvalue weighted by Gasteiger charge is 2.18. The molecule has 16 heavy (non-hydrogen) atoms. The molecular weight excluding hydrogens is 196 g/mol. The number of rotatable bonds is 4. The Labute approximate surface area is 99.5 Å². The molecule has 0 aromatic heterocycles. The third kappa shape index (κ3) is 2.76. The van der Waals surface area contributed by atoms with Crippen molar-refractivity contribution in [3.05, 3.63) is 29.3 Å². The van der Waals surface area contributed by atoms with Crippen LogP contribution in [-0.4, -0.2) is 19.6 Å². The van der Waals surface area contributed by atoms with E-state index in [-0.39, 0.29) is 0 Å². The molecule has 0 bridgehead atoms. The lowest BCUT2D eigenvalue weighted by molar-refractivity contribution is 0.479. The van der Waals surface area contributed by atoms with Gasteiger partial charge in [0.05, 0.1) is 0 Å². The molecule has 1 rings (SSSR count). The topological polar surface area (TPSA) is 29.3 Å². The minimum absolute atomic E-state index is 0.404. The smallest absolute Gasteiger partial charge is 0.0432 e. The van der Waals surface area contributed by atoms with Gasteiger partial charge in [0.2, 0.25) is 0 Å². The molecule has 0 aliphatic rings. The minimum atomic E-state index is 0.404. The van der Waals surface area contributed by atoms with E-state index in [9.17, 15) is 0 Å². The maximum absolute atomic E-state index is 5.85. The predicted octanol–water partition coefficient (Wildman–Crippen LogP) is 2.72. The van der Waals surface area contributed by atoms with Gasteiger partial charge < -0.3 is 10.6 Å². The van der Waals surface area contributed by atoms with Gasteiger partial charge in [0.15, 0.2) is 0 Å². The molecule has 0 fully saturated rings. The Bertz CT molecular complexity index is 345. The van der Waals surface area contributed by atoms with Gasteiger partial charge >= 0.3 is 0 Å². The van der Waals surface area contributed by atoms with Gasteiger partial charge in [0.25, 0.3) is 0 Å². The fourth-order valence-electron chi connectivity index (χ4n) is 2.26.